The number of alkyl carbamates (subject to hydrolysis) is 1. The third-order valence-corrected chi connectivity index (χ3v) is 7.17. The normalized spacial score (nSPS) is 20.0. The molecule has 0 spiro atoms. The van der Waals surface area contributed by atoms with Crippen LogP contribution in [0.2, 0.25) is 0 Å². The van der Waals surface area contributed by atoms with Crippen LogP contribution in [0.5, 0.6) is 0 Å². The Kier molecular flexibility index (Phi) is 7.70. The monoisotopic (exact) mass is 480 g/mol. The molecule has 8 heteroatoms. The van der Waals surface area contributed by atoms with Crippen molar-refractivity contribution in [2.45, 2.75) is 44.2 Å². The van der Waals surface area contributed by atoms with Gasteiger partial charge in [0.05, 0.1) is 5.92 Å². The topological polar surface area (TPSA) is 105 Å². The number of carbonyl (C=O) groups excluding carboxylic acids is 2. The van der Waals surface area contributed by atoms with Gasteiger partial charge in [0, 0.05) is 38.6 Å². The highest BCUT2D eigenvalue weighted by atomic mass is 16.5. The molecule has 35 heavy (non-hydrogen) atoms. The van der Waals surface area contributed by atoms with E-state index in [1.165, 1.54) is 7.11 Å². The molecule has 1 aliphatic heterocycles. The molecule has 8 nitrogen and oxygen atoms in total. The molecule has 1 heterocycles. The Morgan fingerprint density at radius 3 is 2.31 bits per heavy atom. The maximum atomic E-state index is 13.0. The minimum atomic E-state index is -0.888. The van der Waals surface area contributed by atoms with Gasteiger partial charge in [0.2, 0.25) is 0 Å². The van der Waals surface area contributed by atoms with Crippen molar-refractivity contribution in [3.63, 3.8) is 0 Å². The predicted octanol–water partition coefficient (Wildman–Crippen LogP) is 3.64. The summed E-state index contributed by atoms with van der Waals surface area (Å²) in [6.45, 7) is 2.68. The van der Waals surface area contributed by atoms with E-state index in [4.69, 9.17) is 9.47 Å². The zero-order valence-electron chi connectivity index (χ0n) is 20.1. The molecular weight excluding hydrogens is 448 g/mol. The van der Waals surface area contributed by atoms with E-state index < -0.39 is 30.1 Å². The smallest absolute Gasteiger partial charge is 0.407 e. The number of likely N-dealkylation sites (tertiary alicyclic amines) is 1. The molecule has 2 amide bonds. The number of carboxylic acids is 1. The second-order valence-electron chi connectivity index (χ2n) is 9.12. The average Bonchev–Trinajstić information content (AvgIpc) is 3.18. The Morgan fingerprint density at radius 1 is 1.09 bits per heavy atom. The zero-order chi connectivity index (χ0) is 24.9. The van der Waals surface area contributed by atoms with Gasteiger partial charge in [0.1, 0.15) is 12.7 Å². The standard InChI is InChI=1S/C27H32N2O6/c1-17-18(26(31)32)12-7-15-29(17)25(30)24(34-2)13-14-28-27(33)35-16-23-21-10-5-3-8-19(21)20-9-4-6-11-22(20)23/h3-6,8-11,17-18,23-24H,7,12-16H2,1-2H3,(H,28,33)(H,31,32)/t17-,18-,24?/m0/s1. The van der Waals surface area contributed by atoms with Crippen molar-refractivity contribution in [2.75, 3.05) is 26.8 Å². The van der Waals surface area contributed by atoms with E-state index in [1.807, 2.05) is 24.3 Å². The first-order chi connectivity index (χ1) is 16.9. The number of benzene rings is 2. The van der Waals surface area contributed by atoms with Crippen LogP contribution in [0.3, 0.4) is 0 Å². The van der Waals surface area contributed by atoms with Crippen LogP contribution >= 0.6 is 0 Å². The average molecular weight is 481 g/mol. The summed E-state index contributed by atoms with van der Waals surface area (Å²) < 4.78 is 10.9. The molecule has 0 saturated carbocycles. The summed E-state index contributed by atoms with van der Waals surface area (Å²) in [5, 5.41) is 12.1. The van der Waals surface area contributed by atoms with E-state index in [2.05, 4.69) is 29.6 Å². The van der Waals surface area contributed by atoms with Gasteiger partial charge in [0.25, 0.3) is 5.91 Å². The summed E-state index contributed by atoms with van der Waals surface area (Å²) >= 11 is 0. The van der Waals surface area contributed by atoms with E-state index in [0.29, 0.717) is 19.4 Å². The fourth-order valence-corrected chi connectivity index (χ4v) is 5.27. The lowest BCUT2D eigenvalue weighted by Crippen LogP contribution is -2.53. The van der Waals surface area contributed by atoms with Crippen LogP contribution in [0.25, 0.3) is 11.1 Å². The van der Waals surface area contributed by atoms with Crippen molar-refractivity contribution in [1.29, 1.82) is 0 Å². The Labute approximate surface area is 205 Å². The summed E-state index contributed by atoms with van der Waals surface area (Å²) in [6.07, 6.45) is 0.147. The zero-order valence-corrected chi connectivity index (χ0v) is 20.1. The number of hydrogen-bond donors (Lipinski definition) is 2. The maximum Gasteiger partial charge on any atom is 0.407 e. The number of ether oxygens (including phenoxy) is 2. The largest absolute Gasteiger partial charge is 0.481 e. The minimum Gasteiger partial charge on any atom is -0.481 e. The first-order valence-electron chi connectivity index (χ1n) is 12.1. The molecule has 2 aromatic rings. The minimum absolute atomic E-state index is 0.0239. The Morgan fingerprint density at radius 2 is 1.71 bits per heavy atom. The number of aliphatic carboxylic acids is 1. The van der Waals surface area contributed by atoms with Gasteiger partial charge in [0.15, 0.2) is 0 Å². The van der Waals surface area contributed by atoms with Crippen LogP contribution < -0.4 is 5.32 Å². The lowest BCUT2D eigenvalue weighted by atomic mass is 9.90. The van der Waals surface area contributed by atoms with Crippen molar-refractivity contribution < 1.29 is 29.0 Å². The van der Waals surface area contributed by atoms with E-state index in [0.717, 1.165) is 22.3 Å². The molecule has 2 aliphatic rings. The molecule has 2 aromatic carbocycles. The van der Waals surface area contributed by atoms with Crippen LogP contribution in [0.1, 0.15) is 43.2 Å². The van der Waals surface area contributed by atoms with E-state index in [9.17, 15) is 19.5 Å². The number of hydrogen-bond acceptors (Lipinski definition) is 5. The quantitative estimate of drug-likeness (QED) is 0.598. The lowest BCUT2D eigenvalue weighted by molar-refractivity contribution is -0.153. The summed E-state index contributed by atoms with van der Waals surface area (Å²) in [7, 11) is 1.44. The lowest BCUT2D eigenvalue weighted by Gasteiger charge is -2.39. The fraction of sp³-hybridized carbons (Fsp3) is 0.444. The van der Waals surface area contributed by atoms with Gasteiger partial charge in [-0.1, -0.05) is 48.5 Å². The van der Waals surface area contributed by atoms with E-state index >= 15 is 0 Å². The SMILES string of the molecule is COC(CCNC(=O)OCC1c2ccccc2-c2ccccc21)C(=O)N1CCC[C@H](C(=O)O)[C@@H]1C. The molecule has 0 aromatic heterocycles. The van der Waals surface area contributed by atoms with Crippen molar-refractivity contribution in [3.05, 3.63) is 59.7 Å². The number of carbonyl (C=O) groups is 3. The van der Waals surface area contributed by atoms with Crippen molar-refractivity contribution >= 4 is 18.0 Å². The van der Waals surface area contributed by atoms with Crippen molar-refractivity contribution in [3.8, 4) is 11.1 Å². The first-order valence-corrected chi connectivity index (χ1v) is 12.1. The van der Waals surface area contributed by atoms with Crippen molar-refractivity contribution in [2.24, 2.45) is 5.92 Å². The number of carboxylic acid groups (broad SMARTS) is 1. The number of nitrogens with one attached hydrogen (secondary N) is 1. The molecule has 186 valence electrons. The predicted molar refractivity (Wildman–Crippen MR) is 130 cm³/mol. The summed E-state index contributed by atoms with van der Waals surface area (Å²) in [5.41, 5.74) is 4.61. The van der Waals surface area contributed by atoms with Crippen LogP contribution in [0, 0.1) is 5.92 Å². The molecule has 1 saturated heterocycles. The fourth-order valence-electron chi connectivity index (χ4n) is 5.27. The molecule has 1 fully saturated rings. The molecule has 0 radical (unpaired) electrons. The molecule has 1 aliphatic carbocycles. The van der Waals surface area contributed by atoms with Gasteiger partial charge >= 0.3 is 12.1 Å². The van der Waals surface area contributed by atoms with Gasteiger partial charge in [-0.15, -0.1) is 0 Å². The van der Waals surface area contributed by atoms with Gasteiger partial charge in [-0.05, 0) is 42.0 Å². The number of rotatable bonds is 8. The van der Waals surface area contributed by atoms with E-state index in [1.54, 1.807) is 11.8 Å². The highest BCUT2D eigenvalue weighted by Gasteiger charge is 2.37. The molecular formula is C27H32N2O6. The summed E-state index contributed by atoms with van der Waals surface area (Å²) in [5.74, 6) is -1.74. The Balaban J connectivity index is 1.28. The number of fused-ring (bicyclic) bond motifs is 3. The maximum absolute atomic E-state index is 13.0. The van der Waals surface area contributed by atoms with Crippen LogP contribution in [-0.2, 0) is 19.1 Å². The van der Waals surface area contributed by atoms with Crippen LogP contribution in [-0.4, -0.2) is 66.9 Å². The number of methoxy groups -OCH3 is 1. The molecule has 2 N–H and O–H groups in total. The Bertz CT molecular complexity index is 1040. The number of nitrogens with zero attached hydrogens (tertiary/aromatic N) is 1. The number of piperidine rings is 1. The molecule has 3 atom stereocenters. The highest BCUT2D eigenvalue weighted by Crippen LogP contribution is 2.44. The molecule has 0 bridgehead atoms. The van der Waals surface area contributed by atoms with Crippen LogP contribution in [0.15, 0.2) is 48.5 Å². The summed E-state index contributed by atoms with van der Waals surface area (Å²) in [4.78, 5) is 38.5. The third kappa shape index (κ3) is 5.17. The van der Waals surface area contributed by atoms with Crippen LogP contribution in [0.4, 0.5) is 4.79 Å². The third-order valence-electron chi connectivity index (χ3n) is 7.17. The van der Waals surface area contributed by atoms with Gasteiger partial charge in [-0.25, -0.2) is 4.79 Å². The van der Waals surface area contributed by atoms with Crippen molar-refractivity contribution in [1.82, 2.24) is 10.2 Å². The molecule has 4 rings (SSSR count). The van der Waals surface area contributed by atoms with Gasteiger partial charge in [-0.2, -0.15) is 0 Å². The van der Waals surface area contributed by atoms with E-state index in [-0.39, 0.29) is 31.4 Å². The van der Waals surface area contributed by atoms with Gasteiger partial charge in [-0.3, -0.25) is 9.59 Å². The summed E-state index contributed by atoms with van der Waals surface area (Å²) in [6, 6.07) is 15.9. The Hall–Kier alpha value is -3.39. The number of amides is 2. The highest BCUT2D eigenvalue weighted by molar-refractivity contribution is 5.83. The second kappa shape index (κ2) is 10.9. The van der Waals surface area contributed by atoms with Gasteiger partial charge < -0.3 is 24.8 Å². The first kappa shape index (κ1) is 24.7. The molecule has 1 unspecified atom stereocenters. The second-order valence-corrected chi connectivity index (χ2v) is 9.12.